The Labute approximate surface area is 121 Å². The fourth-order valence-corrected chi connectivity index (χ4v) is 1.81. The van der Waals surface area contributed by atoms with Gasteiger partial charge in [0.2, 0.25) is 0 Å². The molecule has 0 N–H and O–H groups in total. The van der Waals surface area contributed by atoms with Crippen LogP contribution in [0.15, 0.2) is 41.7 Å². The summed E-state index contributed by atoms with van der Waals surface area (Å²) in [7, 11) is 1.32. The molecule has 100 valence electrons. The van der Waals surface area contributed by atoms with Crippen molar-refractivity contribution in [2.45, 2.75) is 5.16 Å². The summed E-state index contributed by atoms with van der Waals surface area (Å²) in [6, 6.07) is 9.50. The van der Waals surface area contributed by atoms with E-state index in [0.717, 1.165) is 5.56 Å². The van der Waals surface area contributed by atoms with Crippen LogP contribution in [-0.4, -0.2) is 29.3 Å². The topological polar surface area (TPSA) is 52.1 Å². The molecule has 0 aliphatic rings. The molecule has 0 radical (unpaired) electrons. The number of rotatable bonds is 2. The van der Waals surface area contributed by atoms with Crippen molar-refractivity contribution in [3.63, 3.8) is 0 Å². The predicted octanol–water partition coefficient (Wildman–Crippen LogP) is 2.38. The highest BCUT2D eigenvalue weighted by Gasteiger charge is 2.14. The lowest BCUT2D eigenvalue weighted by Gasteiger charge is -2.02. The van der Waals surface area contributed by atoms with Crippen molar-refractivity contribution in [2.75, 3.05) is 13.4 Å². The smallest absolute Gasteiger partial charge is 0.358 e. The number of benzene rings is 1. The Bertz CT molecular complexity index is 675. The SMILES string of the molecule is COC(=O)c1nc(SC)ncc1C#Cc1ccccc1. The van der Waals surface area contributed by atoms with Crippen LogP contribution in [0.25, 0.3) is 0 Å². The molecule has 0 aliphatic heterocycles. The van der Waals surface area contributed by atoms with Gasteiger partial charge in [-0.2, -0.15) is 0 Å². The Balaban J connectivity index is 2.41. The molecule has 0 atom stereocenters. The first-order valence-electron chi connectivity index (χ1n) is 5.81. The highest BCUT2D eigenvalue weighted by atomic mass is 32.2. The number of hydrogen-bond acceptors (Lipinski definition) is 5. The largest absolute Gasteiger partial charge is 0.464 e. The van der Waals surface area contributed by atoms with Crippen molar-refractivity contribution < 1.29 is 9.53 Å². The third-order valence-corrected chi connectivity index (χ3v) is 3.01. The normalized spacial score (nSPS) is 9.50. The van der Waals surface area contributed by atoms with E-state index in [1.165, 1.54) is 18.9 Å². The molecule has 0 amide bonds. The molecule has 0 saturated heterocycles. The number of ether oxygens (including phenoxy) is 1. The van der Waals surface area contributed by atoms with Gasteiger partial charge in [-0.3, -0.25) is 0 Å². The Morgan fingerprint density at radius 1 is 1.25 bits per heavy atom. The molecule has 0 aliphatic carbocycles. The second-order valence-corrected chi connectivity index (χ2v) is 4.50. The summed E-state index contributed by atoms with van der Waals surface area (Å²) < 4.78 is 4.72. The summed E-state index contributed by atoms with van der Waals surface area (Å²) in [4.78, 5) is 20.0. The van der Waals surface area contributed by atoms with E-state index in [1.54, 1.807) is 6.20 Å². The van der Waals surface area contributed by atoms with Crippen molar-refractivity contribution in [3.05, 3.63) is 53.3 Å². The minimum Gasteiger partial charge on any atom is -0.464 e. The van der Waals surface area contributed by atoms with Gasteiger partial charge in [-0.1, -0.05) is 41.8 Å². The molecule has 20 heavy (non-hydrogen) atoms. The number of carbonyl (C=O) groups is 1. The minimum atomic E-state index is -0.514. The second-order valence-electron chi connectivity index (χ2n) is 3.73. The fourth-order valence-electron chi connectivity index (χ4n) is 1.47. The third-order valence-electron chi connectivity index (χ3n) is 2.44. The Morgan fingerprint density at radius 3 is 2.65 bits per heavy atom. The van der Waals surface area contributed by atoms with Crippen LogP contribution in [0.5, 0.6) is 0 Å². The highest BCUT2D eigenvalue weighted by Crippen LogP contribution is 2.12. The summed E-state index contributed by atoms with van der Waals surface area (Å²) in [6.07, 6.45) is 3.38. The maximum atomic E-state index is 11.7. The van der Waals surface area contributed by atoms with Gasteiger partial charge < -0.3 is 4.74 Å². The summed E-state index contributed by atoms with van der Waals surface area (Å²) >= 11 is 1.36. The van der Waals surface area contributed by atoms with Crippen molar-refractivity contribution in [1.82, 2.24) is 9.97 Å². The number of hydrogen-bond donors (Lipinski definition) is 0. The van der Waals surface area contributed by atoms with Crippen LogP contribution < -0.4 is 0 Å². The van der Waals surface area contributed by atoms with E-state index >= 15 is 0 Å². The molecular formula is C15H12N2O2S. The first-order chi connectivity index (χ1) is 9.74. The number of carbonyl (C=O) groups excluding carboxylic acids is 1. The molecule has 0 saturated carbocycles. The number of esters is 1. The molecule has 0 bridgehead atoms. The van der Waals surface area contributed by atoms with Gasteiger partial charge in [0, 0.05) is 11.8 Å². The van der Waals surface area contributed by atoms with Gasteiger partial charge in [-0.25, -0.2) is 14.8 Å². The first kappa shape index (κ1) is 14.1. The third kappa shape index (κ3) is 3.37. The summed E-state index contributed by atoms with van der Waals surface area (Å²) in [5.41, 5.74) is 1.51. The average Bonchev–Trinajstić information content (AvgIpc) is 2.53. The lowest BCUT2D eigenvalue weighted by molar-refractivity contribution is 0.0592. The van der Waals surface area contributed by atoms with E-state index in [0.29, 0.717) is 10.7 Å². The van der Waals surface area contributed by atoms with Gasteiger partial charge in [0.25, 0.3) is 0 Å². The average molecular weight is 284 g/mol. The Kier molecular flexibility index (Phi) is 4.75. The number of aromatic nitrogens is 2. The molecule has 5 heteroatoms. The van der Waals surface area contributed by atoms with Crippen LogP contribution in [-0.2, 0) is 4.74 Å². The van der Waals surface area contributed by atoms with E-state index in [9.17, 15) is 4.79 Å². The van der Waals surface area contributed by atoms with Gasteiger partial charge in [-0.15, -0.1) is 0 Å². The number of methoxy groups -OCH3 is 1. The summed E-state index contributed by atoms with van der Waals surface area (Å²) in [5.74, 6) is 5.37. The maximum Gasteiger partial charge on any atom is 0.358 e. The van der Waals surface area contributed by atoms with Gasteiger partial charge >= 0.3 is 5.97 Å². The zero-order valence-corrected chi connectivity index (χ0v) is 11.9. The molecule has 1 aromatic heterocycles. The van der Waals surface area contributed by atoms with Crippen LogP contribution in [0.4, 0.5) is 0 Å². The van der Waals surface area contributed by atoms with Crippen LogP contribution in [0, 0.1) is 11.8 Å². The molecule has 0 fully saturated rings. The van der Waals surface area contributed by atoms with Gasteiger partial charge in [0.1, 0.15) is 0 Å². The lowest BCUT2D eigenvalue weighted by Crippen LogP contribution is -2.08. The van der Waals surface area contributed by atoms with E-state index in [1.807, 2.05) is 36.6 Å². The number of thioether (sulfide) groups is 1. The van der Waals surface area contributed by atoms with E-state index in [2.05, 4.69) is 21.8 Å². The summed E-state index contributed by atoms with van der Waals surface area (Å²) in [5, 5.41) is 0.510. The maximum absolute atomic E-state index is 11.7. The first-order valence-corrected chi connectivity index (χ1v) is 7.03. The lowest BCUT2D eigenvalue weighted by atomic mass is 10.2. The minimum absolute atomic E-state index is 0.190. The van der Waals surface area contributed by atoms with E-state index < -0.39 is 5.97 Å². The quantitative estimate of drug-likeness (QED) is 0.367. The Hall–Kier alpha value is -2.32. The molecule has 1 aromatic carbocycles. The molecule has 0 spiro atoms. The van der Waals surface area contributed by atoms with E-state index in [4.69, 9.17) is 4.74 Å². The molecule has 1 heterocycles. The zero-order valence-electron chi connectivity index (χ0n) is 11.1. The Morgan fingerprint density at radius 2 is 2.00 bits per heavy atom. The highest BCUT2D eigenvalue weighted by molar-refractivity contribution is 7.98. The van der Waals surface area contributed by atoms with Crippen LogP contribution in [0.1, 0.15) is 21.6 Å². The van der Waals surface area contributed by atoms with Crippen molar-refractivity contribution in [3.8, 4) is 11.8 Å². The van der Waals surface area contributed by atoms with E-state index in [-0.39, 0.29) is 5.69 Å². The van der Waals surface area contributed by atoms with Crippen LogP contribution >= 0.6 is 11.8 Å². The fraction of sp³-hybridized carbons (Fsp3) is 0.133. The van der Waals surface area contributed by atoms with Gasteiger partial charge in [-0.05, 0) is 18.4 Å². The van der Waals surface area contributed by atoms with Crippen molar-refractivity contribution in [2.24, 2.45) is 0 Å². The van der Waals surface area contributed by atoms with Crippen molar-refractivity contribution in [1.29, 1.82) is 0 Å². The predicted molar refractivity (Wildman–Crippen MR) is 77.6 cm³/mol. The van der Waals surface area contributed by atoms with Crippen LogP contribution in [0.2, 0.25) is 0 Å². The molecular weight excluding hydrogens is 272 g/mol. The standard InChI is InChI=1S/C15H12N2O2S/c1-19-14(18)13-12(10-16-15(17-13)20-2)9-8-11-6-4-3-5-7-11/h3-7,10H,1-2H3. The number of nitrogens with zero attached hydrogens (tertiary/aromatic N) is 2. The second kappa shape index (κ2) is 6.73. The monoisotopic (exact) mass is 284 g/mol. The molecule has 4 nitrogen and oxygen atoms in total. The van der Waals surface area contributed by atoms with Crippen LogP contribution in [0.3, 0.4) is 0 Å². The molecule has 0 unspecified atom stereocenters. The molecule has 2 aromatic rings. The van der Waals surface area contributed by atoms with Gasteiger partial charge in [0.15, 0.2) is 10.9 Å². The van der Waals surface area contributed by atoms with Crippen molar-refractivity contribution >= 4 is 17.7 Å². The van der Waals surface area contributed by atoms with Gasteiger partial charge in [0.05, 0.1) is 12.7 Å². The summed E-state index contributed by atoms with van der Waals surface area (Å²) in [6.45, 7) is 0. The molecule has 2 rings (SSSR count). The zero-order chi connectivity index (χ0) is 14.4.